The molecule has 29 heavy (non-hydrogen) atoms. The molecule has 0 saturated heterocycles. The van der Waals surface area contributed by atoms with Crippen LogP contribution in [0.15, 0.2) is 53.4 Å². The second kappa shape index (κ2) is 9.30. The zero-order chi connectivity index (χ0) is 21.6. The van der Waals surface area contributed by atoms with Crippen LogP contribution in [0.3, 0.4) is 0 Å². The summed E-state index contributed by atoms with van der Waals surface area (Å²) in [5.41, 5.74) is 1.00. The Morgan fingerprint density at radius 3 is 2.38 bits per heavy atom. The van der Waals surface area contributed by atoms with Crippen molar-refractivity contribution in [3.63, 3.8) is 0 Å². The Bertz CT molecular complexity index is 1020. The van der Waals surface area contributed by atoms with Crippen LogP contribution < -0.4 is 15.8 Å². The number of hydrogen-bond donors (Lipinski definition) is 3. The number of nitrogens with one attached hydrogen (secondary N) is 2. The Kier molecular flexibility index (Phi) is 7.08. The number of sulfonamides is 1. The van der Waals surface area contributed by atoms with Gasteiger partial charge in [0.2, 0.25) is 10.0 Å². The van der Waals surface area contributed by atoms with E-state index in [9.17, 15) is 22.8 Å². The average Bonchev–Trinajstić information content (AvgIpc) is 2.67. The number of carbonyl (C=O) groups is 3. The maximum absolute atomic E-state index is 12.0. The van der Waals surface area contributed by atoms with Crippen molar-refractivity contribution < 1.29 is 27.5 Å². The highest BCUT2D eigenvalue weighted by molar-refractivity contribution is 7.89. The fraction of sp³-hybridized carbons (Fsp3) is 0.211. The van der Waals surface area contributed by atoms with E-state index in [2.05, 4.69) is 10.6 Å². The molecule has 0 radical (unpaired) electrons. The summed E-state index contributed by atoms with van der Waals surface area (Å²) in [6.45, 7) is 2.39. The summed E-state index contributed by atoms with van der Waals surface area (Å²) in [5.74, 6) is -1.92. The van der Waals surface area contributed by atoms with Crippen molar-refractivity contribution in [1.29, 1.82) is 0 Å². The molecule has 0 aliphatic heterocycles. The molecule has 2 rings (SSSR count). The van der Waals surface area contributed by atoms with E-state index in [1.807, 2.05) is 0 Å². The first kappa shape index (κ1) is 22.1. The molecule has 1 atom stereocenters. The van der Waals surface area contributed by atoms with Gasteiger partial charge in [-0.2, -0.15) is 0 Å². The summed E-state index contributed by atoms with van der Waals surface area (Å²) < 4.78 is 28.0. The van der Waals surface area contributed by atoms with Crippen molar-refractivity contribution in [3.05, 3.63) is 59.7 Å². The minimum Gasteiger partial charge on any atom is -0.454 e. The zero-order valence-corrected chi connectivity index (χ0v) is 16.7. The van der Waals surface area contributed by atoms with Crippen LogP contribution in [0.5, 0.6) is 0 Å². The van der Waals surface area contributed by atoms with E-state index >= 15 is 0 Å². The number of rotatable bonds is 7. The second-order valence-electron chi connectivity index (χ2n) is 6.24. The molecule has 0 saturated carbocycles. The lowest BCUT2D eigenvalue weighted by Crippen LogP contribution is -2.40. The van der Waals surface area contributed by atoms with Gasteiger partial charge in [-0.05, 0) is 43.7 Å². The normalized spacial score (nSPS) is 12.0. The fourth-order valence-electron chi connectivity index (χ4n) is 2.37. The summed E-state index contributed by atoms with van der Waals surface area (Å²) in [6.07, 6.45) is 0. The molecule has 154 valence electrons. The highest BCUT2D eigenvalue weighted by atomic mass is 32.2. The molecular weight excluding hydrogens is 398 g/mol. The van der Waals surface area contributed by atoms with E-state index in [4.69, 9.17) is 9.88 Å². The average molecular weight is 419 g/mol. The molecule has 2 amide bonds. The lowest BCUT2D eigenvalue weighted by Gasteiger charge is -2.14. The molecule has 0 aliphatic rings. The Balaban J connectivity index is 1.89. The van der Waals surface area contributed by atoms with Gasteiger partial charge in [-0.3, -0.25) is 9.59 Å². The van der Waals surface area contributed by atoms with Gasteiger partial charge in [-0.15, -0.1) is 0 Å². The molecule has 0 aliphatic carbocycles. The van der Waals surface area contributed by atoms with E-state index in [1.54, 1.807) is 37.3 Å². The number of ether oxygens (including phenoxy) is 1. The molecule has 9 nitrogen and oxygen atoms in total. The van der Waals surface area contributed by atoms with Crippen LogP contribution in [0.4, 0.5) is 5.69 Å². The van der Waals surface area contributed by atoms with E-state index in [1.165, 1.54) is 25.1 Å². The van der Waals surface area contributed by atoms with Crippen LogP contribution in [-0.2, 0) is 24.3 Å². The number of anilines is 1. The number of primary sulfonamides is 1. The van der Waals surface area contributed by atoms with Crippen LogP contribution in [0.2, 0.25) is 0 Å². The van der Waals surface area contributed by atoms with E-state index in [-0.39, 0.29) is 10.6 Å². The molecule has 0 fully saturated rings. The number of esters is 1. The van der Waals surface area contributed by atoms with Gasteiger partial charge in [0.05, 0.1) is 4.90 Å². The van der Waals surface area contributed by atoms with E-state index < -0.39 is 40.5 Å². The summed E-state index contributed by atoms with van der Waals surface area (Å²) in [6, 6.07) is 11.6. The number of carbonyl (C=O) groups excluding carboxylic acids is 3. The van der Waals surface area contributed by atoms with Crippen LogP contribution in [0, 0.1) is 6.92 Å². The molecule has 0 heterocycles. The lowest BCUT2D eigenvalue weighted by atomic mass is 10.2. The molecule has 2 aromatic carbocycles. The standard InChI is InChI=1S/C19H21N3O6S/c1-12-8-9-15(10-16(12)29(20,26)27)22-17(23)11-28-19(25)13(2)21-18(24)14-6-4-3-5-7-14/h3-10,13H,11H2,1-2H3,(H,21,24)(H,22,23)(H2,20,26,27)/t13-/m0/s1. The van der Waals surface area contributed by atoms with Crippen molar-refractivity contribution >= 4 is 33.5 Å². The third-order valence-corrected chi connectivity index (χ3v) is 4.91. The number of aryl methyl sites for hydroxylation is 1. The van der Waals surface area contributed by atoms with Gasteiger partial charge in [-0.1, -0.05) is 24.3 Å². The monoisotopic (exact) mass is 419 g/mol. The fourth-order valence-corrected chi connectivity index (χ4v) is 3.18. The molecule has 10 heteroatoms. The Labute approximate surface area is 168 Å². The largest absolute Gasteiger partial charge is 0.454 e. The number of benzene rings is 2. The predicted molar refractivity (Wildman–Crippen MR) is 106 cm³/mol. The molecular formula is C19H21N3O6S. The molecule has 0 spiro atoms. The highest BCUT2D eigenvalue weighted by Crippen LogP contribution is 2.18. The van der Waals surface area contributed by atoms with Crippen LogP contribution in [-0.4, -0.2) is 38.9 Å². The third kappa shape index (κ3) is 6.40. The Morgan fingerprint density at radius 2 is 1.76 bits per heavy atom. The van der Waals surface area contributed by atoms with Gasteiger partial charge in [0, 0.05) is 11.3 Å². The number of nitrogens with two attached hydrogens (primary N) is 1. The summed E-state index contributed by atoms with van der Waals surface area (Å²) in [7, 11) is -3.94. The topological polar surface area (TPSA) is 145 Å². The Hall–Kier alpha value is -3.24. The third-order valence-electron chi connectivity index (χ3n) is 3.86. The van der Waals surface area contributed by atoms with E-state index in [0.29, 0.717) is 11.1 Å². The molecule has 0 unspecified atom stereocenters. The maximum atomic E-state index is 12.0. The first-order valence-electron chi connectivity index (χ1n) is 8.54. The SMILES string of the molecule is Cc1ccc(NC(=O)COC(=O)[C@H](C)NC(=O)c2ccccc2)cc1S(N)(=O)=O. The van der Waals surface area contributed by atoms with Gasteiger partial charge >= 0.3 is 5.97 Å². The maximum Gasteiger partial charge on any atom is 0.328 e. The van der Waals surface area contributed by atoms with E-state index in [0.717, 1.165) is 0 Å². The van der Waals surface area contributed by atoms with Gasteiger partial charge in [0.15, 0.2) is 6.61 Å². The predicted octanol–water partition coefficient (Wildman–Crippen LogP) is 0.943. The van der Waals surface area contributed by atoms with Gasteiger partial charge < -0.3 is 15.4 Å². The van der Waals surface area contributed by atoms with Gasteiger partial charge in [0.1, 0.15) is 6.04 Å². The Morgan fingerprint density at radius 1 is 1.10 bits per heavy atom. The zero-order valence-electron chi connectivity index (χ0n) is 15.8. The van der Waals surface area contributed by atoms with Crippen molar-refractivity contribution in [1.82, 2.24) is 5.32 Å². The smallest absolute Gasteiger partial charge is 0.328 e. The molecule has 2 aromatic rings. The lowest BCUT2D eigenvalue weighted by molar-refractivity contribution is -0.148. The first-order valence-corrected chi connectivity index (χ1v) is 10.1. The summed E-state index contributed by atoms with van der Waals surface area (Å²) in [4.78, 5) is 35.9. The number of amides is 2. The van der Waals surface area contributed by atoms with Gasteiger partial charge in [0.25, 0.3) is 11.8 Å². The molecule has 4 N–H and O–H groups in total. The second-order valence-corrected chi connectivity index (χ2v) is 7.77. The van der Waals surface area contributed by atoms with Crippen LogP contribution in [0.25, 0.3) is 0 Å². The van der Waals surface area contributed by atoms with Crippen LogP contribution in [0.1, 0.15) is 22.8 Å². The van der Waals surface area contributed by atoms with Crippen molar-refractivity contribution in [2.75, 3.05) is 11.9 Å². The van der Waals surface area contributed by atoms with Crippen molar-refractivity contribution in [2.24, 2.45) is 5.14 Å². The minimum atomic E-state index is -3.94. The van der Waals surface area contributed by atoms with Crippen molar-refractivity contribution in [3.8, 4) is 0 Å². The highest BCUT2D eigenvalue weighted by Gasteiger charge is 2.19. The van der Waals surface area contributed by atoms with Crippen molar-refractivity contribution in [2.45, 2.75) is 24.8 Å². The summed E-state index contributed by atoms with van der Waals surface area (Å²) >= 11 is 0. The quantitative estimate of drug-likeness (QED) is 0.570. The first-order chi connectivity index (χ1) is 13.6. The molecule has 0 aromatic heterocycles. The number of hydrogen-bond acceptors (Lipinski definition) is 6. The van der Waals surface area contributed by atoms with Gasteiger partial charge in [-0.25, -0.2) is 18.4 Å². The van der Waals surface area contributed by atoms with Crippen LogP contribution >= 0.6 is 0 Å². The molecule has 0 bridgehead atoms. The minimum absolute atomic E-state index is 0.121. The summed E-state index contributed by atoms with van der Waals surface area (Å²) in [5, 5.41) is 10.0.